The zero-order valence-electron chi connectivity index (χ0n) is 11.3. The smallest absolute Gasteiger partial charge is 0.387 e. The highest BCUT2D eigenvalue weighted by atomic mass is 19.3. The third-order valence-electron chi connectivity index (χ3n) is 2.95. The molecule has 2 aromatic carbocycles. The number of hydrazone groups is 1. The van der Waals surface area contributed by atoms with E-state index in [1.807, 2.05) is 18.2 Å². The summed E-state index contributed by atoms with van der Waals surface area (Å²) in [5, 5.41) is 12.0. The molecule has 0 aliphatic heterocycles. The summed E-state index contributed by atoms with van der Waals surface area (Å²) in [5.74, 6) is 0.106. The number of nitrogens with one attached hydrogen (secondary N) is 2. The van der Waals surface area contributed by atoms with Gasteiger partial charge in [-0.1, -0.05) is 12.1 Å². The van der Waals surface area contributed by atoms with E-state index in [0.29, 0.717) is 5.69 Å². The lowest BCUT2D eigenvalue weighted by molar-refractivity contribution is -0.0498. The van der Waals surface area contributed by atoms with Crippen LogP contribution in [0, 0.1) is 0 Å². The lowest BCUT2D eigenvalue weighted by Gasteiger charge is -2.05. The number of fused-ring (bicyclic) bond motifs is 1. The molecule has 112 valence electrons. The van der Waals surface area contributed by atoms with Gasteiger partial charge in [-0.15, -0.1) is 0 Å². The van der Waals surface area contributed by atoms with E-state index in [9.17, 15) is 8.78 Å². The lowest BCUT2D eigenvalue weighted by atomic mass is 10.2. The normalized spacial score (nSPS) is 11.4. The number of hydrogen-bond donors (Lipinski definition) is 2. The molecule has 22 heavy (non-hydrogen) atoms. The predicted molar refractivity (Wildman–Crippen MR) is 80.4 cm³/mol. The number of alkyl halides is 2. The summed E-state index contributed by atoms with van der Waals surface area (Å²) < 4.78 is 28.3. The maximum atomic E-state index is 12.0. The molecule has 5 nitrogen and oxygen atoms in total. The van der Waals surface area contributed by atoms with Crippen molar-refractivity contribution in [1.82, 2.24) is 10.2 Å². The maximum absolute atomic E-state index is 12.0. The predicted octanol–water partition coefficient (Wildman–Crippen LogP) is 3.61. The molecular weight excluding hydrogens is 290 g/mol. The first-order valence-corrected chi connectivity index (χ1v) is 6.48. The number of benzene rings is 2. The van der Waals surface area contributed by atoms with Crippen molar-refractivity contribution in [2.24, 2.45) is 5.10 Å². The van der Waals surface area contributed by atoms with Crippen LogP contribution in [0.4, 0.5) is 14.5 Å². The van der Waals surface area contributed by atoms with Crippen LogP contribution in [0.2, 0.25) is 0 Å². The molecule has 0 saturated heterocycles. The van der Waals surface area contributed by atoms with E-state index in [0.717, 1.165) is 16.5 Å². The molecule has 3 aromatic rings. The first-order chi connectivity index (χ1) is 10.7. The molecule has 0 unspecified atom stereocenters. The fourth-order valence-corrected chi connectivity index (χ4v) is 1.93. The van der Waals surface area contributed by atoms with Crippen LogP contribution in [-0.2, 0) is 0 Å². The summed E-state index contributed by atoms with van der Waals surface area (Å²) in [6, 6.07) is 11.9. The maximum Gasteiger partial charge on any atom is 0.387 e. The highest BCUT2D eigenvalue weighted by Gasteiger charge is 2.03. The first-order valence-electron chi connectivity index (χ1n) is 6.48. The molecule has 3 rings (SSSR count). The van der Waals surface area contributed by atoms with Gasteiger partial charge in [0.1, 0.15) is 5.75 Å². The zero-order valence-corrected chi connectivity index (χ0v) is 11.3. The quantitative estimate of drug-likeness (QED) is 0.559. The van der Waals surface area contributed by atoms with Crippen LogP contribution in [0.5, 0.6) is 5.75 Å². The van der Waals surface area contributed by atoms with Gasteiger partial charge in [-0.3, -0.25) is 10.5 Å². The number of ether oxygens (including phenoxy) is 1. The lowest BCUT2D eigenvalue weighted by Crippen LogP contribution is -2.01. The first kappa shape index (κ1) is 14.0. The highest BCUT2D eigenvalue weighted by molar-refractivity contribution is 5.88. The van der Waals surface area contributed by atoms with Crippen molar-refractivity contribution in [2.45, 2.75) is 6.61 Å². The zero-order chi connectivity index (χ0) is 15.4. The minimum Gasteiger partial charge on any atom is -0.435 e. The molecule has 0 fully saturated rings. The molecule has 7 heteroatoms. The third-order valence-corrected chi connectivity index (χ3v) is 2.95. The van der Waals surface area contributed by atoms with Crippen molar-refractivity contribution in [2.75, 3.05) is 5.43 Å². The van der Waals surface area contributed by atoms with Gasteiger partial charge in [0, 0.05) is 5.39 Å². The molecule has 0 atom stereocenters. The fraction of sp³-hybridized carbons (Fsp3) is 0.0667. The van der Waals surface area contributed by atoms with Gasteiger partial charge in [0.15, 0.2) is 0 Å². The Morgan fingerprint density at radius 2 is 2.00 bits per heavy atom. The minimum absolute atomic E-state index is 0.106. The molecule has 2 N–H and O–H groups in total. The number of anilines is 1. The molecule has 0 aliphatic rings. The van der Waals surface area contributed by atoms with Crippen molar-refractivity contribution in [1.29, 1.82) is 0 Å². The fourth-order valence-electron chi connectivity index (χ4n) is 1.93. The van der Waals surface area contributed by atoms with Crippen molar-refractivity contribution in [3.8, 4) is 5.75 Å². The Labute approximate surface area is 124 Å². The van der Waals surface area contributed by atoms with Crippen LogP contribution >= 0.6 is 0 Å². The second-order valence-electron chi connectivity index (χ2n) is 4.49. The highest BCUT2D eigenvalue weighted by Crippen LogP contribution is 2.17. The van der Waals surface area contributed by atoms with Crippen LogP contribution < -0.4 is 10.2 Å². The summed E-state index contributed by atoms with van der Waals surface area (Å²) in [6.07, 6.45) is 3.40. The molecule has 1 heterocycles. The Kier molecular flexibility index (Phi) is 3.95. The number of hydrogen-bond acceptors (Lipinski definition) is 4. The van der Waals surface area contributed by atoms with Gasteiger partial charge in [0.2, 0.25) is 0 Å². The van der Waals surface area contributed by atoms with E-state index in [4.69, 9.17) is 0 Å². The average molecular weight is 302 g/mol. The Morgan fingerprint density at radius 1 is 1.18 bits per heavy atom. The van der Waals surface area contributed by atoms with Crippen LogP contribution in [0.3, 0.4) is 0 Å². The van der Waals surface area contributed by atoms with Gasteiger partial charge >= 0.3 is 6.61 Å². The summed E-state index contributed by atoms with van der Waals surface area (Å²) in [7, 11) is 0. The summed E-state index contributed by atoms with van der Waals surface area (Å²) in [4.78, 5) is 0. The number of halogens is 2. The van der Waals surface area contributed by atoms with Crippen molar-refractivity contribution in [3.63, 3.8) is 0 Å². The summed E-state index contributed by atoms with van der Waals surface area (Å²) in [6.45, 7) is -2.82. The molecule has 0 saturated carbocycles. The van der Waals surface area contributed by atoms with Crippen LogP contribution in [0.15, 0.2) is 53.8 Å². The standard InChI is InChI=1S/C15H12F2N4O/c16-15(17)22-13-5-3-12(4-6-13)20-18-8-10-1-2-11-9-19-21-14(11)7-10/h1-9,15,20H,(H,19,21)/b18-8+. The van der Waals surface area contributed by atoms with Gasteiger partial charge in [-0.05, 0) is 35.9 Å². The van der Waals surface area contributed by atoms with Gasteiger partial charge in [-0.25, -0.2) is 0 Å². The van der Waals surface area contributed by atoms with Gasteiger partial charge in [0.25, 0.3) is 0 Å². The van der Waals surface area contributed by atoms with E-state index < -0.39 is 6.61 Å². The van der Waals surface area contributed by atoms with E-state index >= 15 is 0 Å². The van der Waals surface area contributed by atoms with Crippen LogP contribution in [0.25, 0.3) is 10.9 Å². The molecule has 0 amide bonds. The third kappa shape index (κ3) is 3.38. The Morgan fingerprint density at radius 3 is 2.77 bits per heavy atom. The second kappa shape index (κ2) is 6.21. The molecular formula is C15H12F2N4O. The molecule has 0 aliphatic carbocycles. The Balaban J connectivity index is 1.63. The molecule has 1 aromatic heterocycles. The monoisotopic (exact) mass is 302 g/mol. The van der Waals surface area contributed by atoms with Gasteiger partial charge < -0.3 is 4.74 Å². The number of H-pyrrole nitrogens is 1. The Bertz CT molecular complexity index is 784. The number of nitrogens with zero attached hydrogens (tertiary/aromatic N) is 2. The van der Waals surface area contributed by atoms with E-state index in [1.54, 1.807) is 24.5 Å². The molecule has 0 spiro atoms. The second-order valence-corrected chi connectivity index (χ2v) is 4.49. The molecule has 0 radical (unpaired) electrons. The summed E-state index contributed by atoms with van der Waals surface area (Å²) >= 11 is 0. The van der Waals surface area contributed by atoms with Gasteiger partial charge in [0.05, 0.1) is 23.6 Å². The molecule has 0 bridgehead atoms. The van der Waals surface area contributed by atoms with Crippen molar-refractivity contribution >= 4 is 22.8 Å². The van der Waals surface area contributed by atoms with Crippen molar-refractivity contribution in [3.05, 3.63) is 54.2 Å². The minimum atomic E-state index is -2.82. The van der Waals surface area contributed by atoms with E-state index in [-0.39, 0.29) is 5.75 Å². The van der Waals surface area contributed by atoms with E-state index in [1.165, 1.54) is 12.1 Å². The average Bonchev–Trinajstić information content (AvgIpc) is 2.96. The van der Waals surface area contributed by atoms with Crippen molar-refractivity contribution < 1.29 is 13.5 Å². The number of rotatable bonds is 5. The largest absolute Gasteiger partial charge is 0.435 e. The van der Waals surface area contributed by atoms with Gasteiger partial charge in [-0.2, -0.15) is 19.0 Å². The topological polar surface area (TPSA) is 62.3 Å². The SMILES string of the molecule is FC(F)Oc1ccc(N/N=C/c2ccc3cn[nH]c3c2)cc1. The number of aromatic amines is 1. The Hall–Kier alpha value is -2.96. The summed E-state index contributed by atoms with van der Waals surface area (Å²) in [5.41, 5.74) is 5.32. The van der Waals surface area contributed by atoms with Crippen LogP contribution in [-0.4, -0.2) is 23.0 Å². The van der Waals surface area contributed by atoms with E-state index in [2.05, 4.69) is 25.5 Å². The van der Waals surface area contributed by atoms with Crippen LogP contribution in [0.1, 0.15) is 5.56 Å². The number of aromatic nitrogens is 2.